The Balaban J connectivity index is 2.17. The normalized spacial score (nSPS) is 19.2. The minimum absolute atomic E-state index is 0.529. The predicted octanol–water partition coefficient (Wildman–Crippen LogP) is 0.604. The minimum atomic E-state index is 0.529. The van der Waals surface area contributed by atoms with Crippen molar-refractivity contribution >= 4 is 5.96 Å². The van der Waals surface area contributed by atoms with Crippen LogP contribution in [0.25, 0.3) is 0 Å². The molecule has 1 heterocycles. The van der Waals surface area contributed by atoms with Crippen molar-refractivity contribution in [2.24, 2.45) is 4.99 Å². The summed E-state index contributed by atoms with van der Waals surface area (Å²) in [5.74, 6) is 0.885. The van der Waals surface area contributed by atoms with Gasteiger partial charge >= 0.3 is 0 Å². The Hall–Kier alpha value is -0.850. The van der Waals surface area contributed by atoms with Gasteiger partial charge in [-0.15, -0.1) is 0 Å². The summed E-state index contributed by atoms with van der Waals surface area (Å²) in [7, 11) is 1.82. The highest BCUT2D eigenvalue weighted by Gasteiger charge is 2.20. The maximum Gasteiger partial charge on any atom is 0.191 e. The van der Waals surface area contributed by atoms with Gasteiger partial charge in [-0.2, -0.15) is 0 Å². The number of rotatable bonds is 9. The first-order valence-corrected chi connectivity index (χ1v) is 8.69. The average Bonchev–Trinajstić information content (AvgIpc) is 2.57. The van der Waals surface area contributed by atoms with Gasteiger partial charge in [-0.25, -0.2) is 0 Å². The summed E-state index contributed by atoms with van der Waals surface area (Å²) in [4.78, 5) is 9.34. The van der Waals surface area contributed by atoms with E-state index in [1.165, 1.54) is 19.6 Å². The fraction of sp³-hybridized carbons (Fsp3) is 0.938. The van der Waals surface area contributed by atoms with Gasteiger partial charge in [-0.05, 0) is 26.8 Å². The Bertz CT molecular complexity index is 303. The molecule has 1 saturated heterocycles. The smallest absolute Gasteiger partial charge is 0.191 e. The van der Waals surface area contributed by atoms with E-state index < -0.39 is 0 Å². The SMILES string of the molecule is CCOCCCNC(=NC)NCC(C)N1CCN(CC)CC1. The van der Waals surface area contributed by atoms with Gasteiger partial charge in [0.2, 0.25) is 0 Å². The average molecular weight is 313 g/mol. The third-order valence-electron chi connectivity index (χ3n) is 4.23. The molecule has 1 aliphatic heterocycles. The molecule has 1 atom stereocenters. The number of guanidine groups is 1. The van der Waals surface area contributed by atoms with Crippen molar-refractivity contribution in [1.82, 2.24) is 20.4 Å². The van der Waals surface area contributed by atoms with Gasteiger partial charge in [-0.3, -0.25) is 9.89 Å². The van der Waals surface area contributed by atoms with Crippen molar-refractivity contribution in [2.45, 2.75) is 33.2 Å². The summed E-state index contributed by atoms with van der Waals surface area (Å²) in [5, 5.41) is 6.76. The van der Waals surface area contributed by atoms with Crippen LogP contribution in [-0.2, 0) is 4.74 Å². The fourth-order valence-corrected chi connectivity index (χ4v) is 2.64. The topological polar surface area (TPSA) is 52.1 Å². The Morgan fingerprint density at radius 2 is 1.91 bits per heavy atom. The number of nitrogens with one attached hydrogen (secondary N) is 2. The maximum absolute atomic E-state index is 5.33. The highest BCUT2D eigenvalue weighted by molar-refractivity contribution is 5.79. The summed E-state index contributed by atoms with van der Waals surface area (Å²) < 4.78 is 5.33. The molecule has 6 heteroatoms. The molecule has 0 spiro atoms. The molecule has 0 aromatic heterocycles. The third kappa shape index (κ3) is 7.42. The van der Waals surface area contributed by atoms with Crippen molar-refractivity contribution in [3.8, 4) is 0 Å². The molecule has 1 rings (SSSR count). The number of ether oxygens (including phenoxy) is 1. The minimum Gasteiger partial charge on any atom is -0.382 e. The quantitative estimate of drug-likeness (QED) is 0.371. The van der Waals surface area contributed by atoms with Crippen LogP contribution in [0.3, 0.4) is 0 Å². The first kappa shape index (κ1) is 19.2. The van der Waals surface area contributed by atoms with Crippen LogP contribution in [0.2, 0.25) is 0 Å². The number of likely N-dealkylation sites (N-methyl/N-ethyl adjacent to an activating group) is 1. The number of hydrogen-bond acceptors (Lipinski definition) is 4. The summed E-state index contributed by atoms with van der Waals surface area (Å²) in [6, 6.07) is 0.529. The second kappa shape index (κ2) is 11.7. The van der Waals surface area contributed by atoms with Gasteiger partial charge in [0.05, 0.1) is 0 Å². The molecule has 0 radical (unpaired) electrons. The fourth-order valence-electron chi connectivity index (χ4n) is 2.64. The van der Waals surface area contributed by atoms with Crippen LogP contribution >= 0.6 is 0 Å². The zero-order valence-electron chi connectivity index (χ0n) is 14.9. The number of aliphatic imine (C=N–C) groups is 1. The molecule has 1 unspecified atom stereocenters. The van der Waals surface area contributed by atoms with E-state index in [0.29, 0.717) is 6.04 Å². The Labute approximate surface area is 136 Å². The zero-order chi connectivity index (χ0) is 16.2. The van der Waals surface area contributed by atoms with Gasteiger partial charge in [0.1, 0.15) is 0 Å². The van der Waals surface area contributed by atoms with E-state index in [2.05, 4.69) is 39.3 Å². The molecule has 0 bridgehead atoms. The van der Waals surface area contributed by atoms with Gasteiger partial charge in [-0.1, -0.05) is 6.92 Å². The molecular formula is C16H35N5O. The van der Waals surface area contributed by atoms with Crippen molar-refractivity contribution < 1.29 is 4.74 Å². The highest BCUT2D eigenvalue weighted by atomic mass is 16.5. The van der Waals surface area contributed by atoms with Crippen LogP contribution < -0.4 is 10.6 Å². The lowest BCUT2D eigenvalue weighted by Gasteiger charge is -2.37. The molecule has 0 aromatic carbocycles. The highest BCUT2D eigenvalue weighted by Crippen LogP contribution is 2.05. The first-order valence-electron chi connectivity index (χ1n) is 8.69. The van der Waals surface area contributed by atoms with Crippen LogP contribution in [0.15, 0.2) is 4.99 Å². The van der Waals surface area contributed by atoms with Crippen molar-refractivity contribution in [2.75, 3.05) is 66.1 Å². The van der Waals surface area contributed by atoms with Gasteiger partial charge < -0.3 is 20.3 Å². The van der Waals surface area contributed by atoms with E-state index in [1.54, 1.807) is 0 Å². The van der Waals surface area contributed by atoms with E-state index >= 15 is 0 Å². The van der Waals surface area contributed by atoms with E-state index in [4.69, 9.17) is 4.74 Å². The monoisotopic (exact) mass is 313 g/mol. The molecule has 22 heavy (non-hydrogen) atoms. The van der Waals surface area contributed by atoms with E-state index in [9.17, 15) is 0 Å². The molecule has 1 aliphatic rings. The number of nitrogens with zero attached hydrogens (tertiary/aromatic N) is 3. The van der Waals surface area contributed by atoms with Gasteiger partial charge in [0.15, 0.2) is 5.96 Å². The van der Waals surface area contributed by atoms with Crippen LogP contribution in [0, 0.1) is 0 Å². The van der Waals surface area contributed by atoms with Crippen molar-refractivity contribution in [3.05, 3.63) is 0 Å². The first-order chi connectivity index (χ1) is 10.7. The van der Waals surface area contributed by atoms with E-state index in [-0.39, 0.29) is 0 Å². The summed E-state index contributed by atoms with van der Waals surface area (Å²) in [5.41, 5.74) is 0. The largest absolute Gasteiger partial charge is 0.382 e. The molecule has 6 nitrogen and oxygen atoms in total. The lowest BCUT2D eigenvalue weighted by molar-refractivity contribution is 0.107. The van der Waals surface area contributed by atoms with Crippen molar-refractivity contribution in [1.29, 1.82) is 0 Å². The molecule has 0 amide bonds. The molecule has 0 aliphatic carbocycles. The predicted molar refractivity (Wildman–Crippen MR) is 93.6 cm³/mol. The summed E-state index contributed by atoms with van der Waals surface area (Å²) >= 11 is 0. The standard InChI is InChI=1S/C16H35N5O/c1-5-20-9-11-21(12-10-20)15(3)14-19-16(17-4)18-8-7-13-22-6-2/h15H,5-14H2,1-4H3,(H2,17,18,19). The second-order valence-electron chi connectivity index (χ2n) is 5.75. The van der Waals surface area contributed by atoms with Crippen LogP contribution in [0.1, 0.15) is 27.2 Å². The Morgan fingerprint density at radius 3 is 2.50 bits per heavy atom. The summed E-state index contributed by atoms with van der Waals surface area (Å²) in [6.07, 6.45) is 1.00. The summed E-state index contributed by atoms with van der Waals surface area (Å²) in [6.45, 7) is 15.8. The third-order valence-corrected chi connectivity index (χ3v) is 4.23. The van der Waals surface area contributed by atoms with Gasteiger partial charge in [0.25, 0.3) is 0 Å². The molecule has 0 aromatic rings. The zero-order valence-corrected chi connectivity index (χ0v) is 14.9. The lowest BCUT2D eigenvalue weighted by Crippen LogP contribution is -2.53. The van der Waals surface area contributed by atoms with Crippen molar-refractivity contribution in [3.63, 3.8) is 0 Å². The molecule has 130 valence electrons. The Kier molecular flexibility index (Phi) is 10.2. The number of hydrogen-bond donors (Lipinski definition) is 2. The lowest BCUT2D eigenvalue weighted by atomic mass is 10.2. The van der Waals surface area contributed by atoms with Crippen LogP contribution in [0.5, 0.6) is 0 Å². The number of piperazine rings is 1. The van der Waals surface area contributed by atoms with E-state index in [0.717, 1.165) is 51.8 Å². The van der Waals surface area contributed by atoms with Gasteiger partial charge in [0, 0.05) is 65.6 Å². The molecule has 1 fully saturated rings. The van der Waals surface area contributed by atoms with Crippen LogP contribution in [0.4, 0.5) is 0 Å². The molecule has 0 saturated carbocycles. The second-order valence-corrected chi connectivity index (χ2v) is 5.75. The Morgan fingerprint density at radius 1 is 1.18 bits per heavy atom. The van der Waals surface area contributed by atoms with Crippen LogP contribution in [-0.4, -0.2) is 87.9 Å². The molecular weight excluding hydrogens is 278 g/mol. The van der Waals surface area contributed by atoms with E-state index in [1.807, 2.05) is 14.0 Å². The molecule has 2 N–H and O–H groups in total. The maximum atomic E-state index is 5.33.